The van der Waals surface area contributed by atoms with Crippen molar-refractivity contribution in [2.45, 2.75) is 32.6 Å². The first-order valence-electron chi connectivity index (χ1n) is 7.31. The molecule has 0 aromatic carbocycles. The van der Waals surface area contributed by atoms with E-state index in [9.17, 15) is 14.7 Å². The molecule has 1 heterocycles. The maximum absolute atomic E-state index is 12.0. The molecule has 0 aromatic rings. The smallest absolute Gasteiger partial charge is 0.306 e. The molecule has 1 saturated heterocycles. The van der Waals surface area contributed by atoms with Crippen molar-refractivity contribution < 1.29 is 14.7 Å². The second-order valence-corrected chi connectivity index (χ2v) is 5.94. The van der Waals surface area contributed by atoms with Crippen LogP contribution in [0.15, 0.2) is 0 Å². The lowest BCUT2D eigenvalue weighted by atomic mass is 9.79. The van der Waals surface area contributed by atoms with Gasteiger partial charge in [0.25, 0.3) is 0 Å². The zero-order valence-corrected chi connectivity index (χ0v) is 11.5. The molecule has 0 spiro atoms. The molecule has 0 radical (unpaired) electrons. The van der Waals surface area contributed by atoms with Gasteiger partial charge in [-0.2, -0.15) is 0 Å². The molecule has 0 bridgehead atoms. The van der Waals surface area contributed by atoms with E-state index < -0.39 is 5.97 Å². The van der Waals surface area contributed by atoms with Crippen molar-refractivity contribution in [2.24, 2.45) is 23.7 Å². The first-order chi connectivity index (χ1) is 9.09. The molecule has 3 N–H and O–H groups in total. The normalized spacial score (nSPS) is 29.3. The molecule has 5 heteroatoms. The van der Waals surface area contributed by atoms with E-state index in [-0.39, 0.29) is 23.7 Å². The summed E-state index contributed by atoms with van der Waals surface area (Å²) in [5.74, 6) is -0.372. The number of hydrogen-bond acceptors (Lipinski definition) is 3. The fourth-order valence-corrected chi connectivity index (χ4v) is 3.05. The zero-order valence-electron chi connectivity index (χ0n) is 11.5. The van der Waals surface area contributed by atoms with Gasteiger partial charge in [-0.05, 0) is 37.8 Å². The summed E-state index contributed by atoms with van der Waals surface area (Å²) in [5.41, 5.74) is 0. The van der Waals surface area contributed by atoms with Crippen LogP contribution in [0.3, 0.4) is 0 Å². The standard InChI is InChI=1S/C14H24N2O3/c1-9(11-6-15-7-11)13(17)16-8-10-4-2-3-5-12(10)14(18)19/h9-12,15H,2-8H2,1H3,(H,16,17)(H,18,19). The van der Waals surface area contributed by atoms with Crippen molar-refractivity contribution in [1.29, 1.82) is 0 Å². The number of rotatable bonds is 5. The Morgan fingerprint density at radius 3 is 2.58 bits per heavy atom. The fourth-order valence-electron chi connectivity index (χ4n) is 3.05. The van der Waals surface area contributed by atoms with Crippen molar-refractivity contribution in [1.82, 2.24) is 10.6 Å². The lowest BCUT2D eigenvalue weighted by molar-refractivity contribution is -0.145. The molecule has 3 unspecified atom stereocenters. The van der Waals surface area contributed by atoms with Gasteiger partial charge in [0, 0.05) is 12.5 Å². The van der Waals surface area contributed by atoms with Crippen LogP contribution in [0, 0.1) is 23.7 Å². The third-order valence-electron chi connectivity index (χ3n) is 4.70. The minimum absolute atomic E-state index is 0.0214. The number of carboxylic acids is 1. The van der Waals surface area contributed by atoms with E-state index in [1.807, 2.05) is 6.92 Å². The Bertz CT molecular complexity index is 342. The van der Waals surface area contributed by atoms with Crippen molar-refractivity contribution >= 4 is 11.9 Å². The third kappa shape index (κ3) is 3.47. The van der Waals surface area contributed by atoms with Gasteiger partial charge < -0.3 is 15.7 Å². The Morgan fingerprint density at radius 2 is 2.00 bits per heavy atom. The Labute approximate surface area is 114 Å². The lowest BCUT2D eigenvalue weighted by Crippen LogP contribution is -2.50. The molecule has 3 atom stereocenters. The molecule has 1 amide bonds. The number of hydrogen-bond donors (Lipinski definition) is 3. The second-order valence-electron chi connectivity index (χ2n) is 5.94. The summed E-state index contributed by atoms with van der Waals surface area (Å²) in [4.78, 5) is 23.2. The average molecular weight is 268 g/mol. The number of carboxylic acid groups (broad SMARTS) is 1. The van der Waals surface area contributed by atoms with Gasteiger partial charge in [0.2, 0.25) is 5.91 Å². The molecule has 5 nitrogen and oxygen atoms in total. The summed E-state index contributed by atoms with van der Waals surface area (Å²) in [6.07, 6.45) is 3.73. The van der Waals surface area contributed by atoms with Crippen molar-refractivity contribution in [3.8, 4) is 0 Å². The van der Waals surface area contributed by atoms with E-state index >= 15 is 0 Å². The first kappa shape index (κ1) is 14.3. The molecular formula is C14H24N2O3. The van der Waals surface area contributed by atoms with E-state index in [1.54, 1.807) is 0 Å². The summed E-state index contributed by atoms with van der Waals surface area (Å²) >= 11 is 0. The molecule has 108 valence electrons. The number of aliphatic carboxylic acids is 1. The van der Waals surface area contributed by atoms with E-state index in [0.29, 0.717) is 12.5 Å². The number of carbonyl (C=O) groups excluding carboxylic acids is 1. The molecule has 2 fully saturated rings. The van der Waals surface area contributed by atoms with Crippen LogP contribution in [0.25, 0.3) is 0 Å². The van der Waals surface area contributed by atoms with Gasteiger partial charge in [-0.15, -0.1) is 0 Å². The van der Waals surface area contributed by atoms with Gasteiger partial charge >= 0.3 is 5.97 Å². The molecule has 2 rings (SSSR count). The first-order valence-corrected chi connectivity index (χ1v) is 7.31. The number of amides is 1. The molecule has 1 aliphatic heterocycles. The van der Waals surface area contributed by atoms with Gasteiger partial charge in [0.15, 0.2) is 0 Å². The van der Waals surface area contributed by atoms with Crippen LogP contribution in [0.4, 0.5) is 0 Å². The Morgan fingerprint density at radius 1 is 1.32 bits per heavy atom. The van der Waals surface area contributed by atoms with Gasteiger partial charge in [-0.25, -0.2) is 0 Å². The zero-order chi connectivity index (χ0) is 13.8. The van der Waals surface area contributed by atoms with E-state index in [0.717, 1.165) is 38.8 Å². The maximum Gasteiger partial charge on any atom is 0.306 e. The fraction of sp³-hybridized carbons (Fsp3) is 0.857. The van der Waals surface area contributed by atoms with Crippen molar-refractivity contribution in [2.75, 3.05) is 19.6 Å². The summed E-state index contributed by atoms with van der Waals surface area (Å²) in [6.45, 7) is 4.29. The highest BCUT2D eigenvalue weighted by Crippen LogP contribution is 2.29. The van der Waals surface area contributed by atoms with Crippen LogP contribution >= 0.6 is 0 Å². The largest absolute Gasteiger partial charge is 0.481 e. The summed E-state index contributed by atoms with van der Waals surface area (Å²) in [6, 6.07) is 0. The van der Waals surface area contributed by atoms with E-state index in [4.69, 9.17) is 0 Å². The maximum atomic E-state index is 12.0. The van der Waals surface area contributed by atoms with Crippen LogP contribution in [-0.4, -0.2) is 36.6 Å². The molecule has 1 aliphatic carbocycles. The monoisotopic (exact) mass is 268 g/mol. The summed E-state index contributed by atoms with van der Waals surface area (Å²) < 4.78 is 0. The highest BCUT2D eigenvalue weighted by Gasteiger charge is 2.32. The van der Waals surface area contributed by atoms with Crippen LogP contribution < -0.4 is 10.6 Å². The van der Waals surface area contributed by atoms with Gasteiger partial charge in [0.1, 0.15) is 0 Å². The second kappa shape index (κ2) is 6.37. The van der Waals surface area contributed by atoms with Crippen LogP contribution in [0.5, 0.6) is 0 Å². The van der Waals surface area contributed by atoms with Crippen LogP contribution in [-0.2, 0) is 9.59 Å². The van der Waals surface area contributed by atoms with E-state index in [1.165, 1.54) is 0 Å². The molecule has 0 aromatic heterocycles. The molecule has 19 heavy (non-hydrogen) atoms. The van der Waals surface area contributed by atoms with E-state index in [2.05, 4.69) is 10.6 Å². The third-order valence-corrected chi connectivity index (χ3v) is 4.70. The predicted octanol–water partition coefficient (Wildman–Crippen LogP) is 0.849. The average Bonchev–Trinajstić information content (AvgIpc) is 2.34. The Hall–Kier alpha value is -1.10. The quantitative estimate of drug-likeness (QED) is 0.690. The highest BCUT2D eigenvalue weighted by molar-refractivity contribution is 5.79. The topological polar surface area (TPSA) is 78.4 Å². The SMILES string of the molecule is CC(C(=O)NCC1CCCCC1C(=O)O)C1CNC1. The molecule has 1 saturated carbocycles. The van der Waals surface area contributed by atoms with Crippen molar-refractivity contribution in [3.63, 3.8) is 0 Å². The predicted molar refractivity (Wildman–Crippen MR) is 71.6 cm³/mol. The highest BCUT2D eigenvalue weighted by atomic mass is 16.4. The number of nitrogens with one attached hydrogen (secondary N) is 2. The Kier molecular flexibility index (Phi) is 4.80. The Balaban J connectivity index is 1.79. The van der Waals surface area contributed by atoms with Crippen molar-refractivity contribution in [3.05, 3.63) is 0 Å². The van der Waals surface area contributed by atoms with Crippen LogP contribution in [0.2, 0.25) is 0 Å². The minimum Gasteiger partial charge on any atom is -0.481 e. The summed E-state index contributed by atoms with van der Waals surface area (Å²) in [5, 5.41) is 15.3. The molecule has 2 aliphatic rings. The van der Waals surface area contributed by atoms with Gasteiger partial charge in [-0.3, -0.25) is 9.59 Å². The lowest BCUT2D eigenvalue weighted by Gasteiger charge is -2.33. The summed E-state index contributed by atoms with van der Waals surface area (Å²) in [7, 11) is 0. The molecular weight excluding hydrogens is 244 g/mol. The van der Waals surface area contributed by atoms with Gasteiger partial charge in [-0.1, -0.05) is 19.8 Å². The van der Waals surface area contributed by atoms with Gasteiger partial charge in [0.05, 0.1) is 5.92 Å². The van der Waals surface area contributed by atoms with Crippen LogP contribution in [0.1, 0.15) is 32.6 Å². The number of carbonyl (C=O) groups is 2. The minimum atomic E-state index is -0.713.